The molecule has 0 radical (unpaired) electrons. The molecule has 0 aliphatic heterocycles. The molecule has 1 aromatic heterocycles. The van der Waals surface area contributed by atoms with E-state index in [-0.39, 0.29) is 6.10 Å². The molecule has 140 valence electrons. The van der Waals surface area contributed by atoms with Crippen LogP contribution >= 0.6 is 0 Å². The molecule has 0 atom stereocenters. The van der Waals surface area contributed by atoms with Crippen LogP contribution in [0.4, 0.5) is 0 Å². The van der Waals surface area contributed by atoms with Crippen molar-refractivity contribution in [3.63, 3.8) is 0 Å². The van der Waals surface area contributed by atoms with Gasteiger partial charge in [0.2, 0.25) is 0 Å². The van der Waals surface area contributed by atoms with Crippen LogP contribution in [0.5, 0.6) is 5.75 Å². The average molecular weight is 361 g/mol. The second kappa shape index (κ2) is 9.89. The predicted molar refractivity (Wildman–Crippen MR) is 111 cm³/mol. The molecular weight excluding hydrogens is 332 g/mol. The van der Waals surface area contributed by atoms with Crippen LogP contribution in [0.25, 0.3) is 0 Å². The van der Waals surface area contributed by atoms with E-state index in [1.54, 1.807) is 0 Å². The number of ether oxygens (including phenoxy) is 1. The second-order valence-electron chi connectivity index (χ2n) is 7.11. The zero-order valence-electron chi connectivity index (χ0n) is 16.2. The van der Waals surface area contributed by atoms with Crippen molar-refractivity contribution in [1.82, 2.24) is 9.88 Å². The van der Waals surface area contributed by atoms with Gasteiger partial charge in [-0.15, -0.1) is 0 Å². The third kappa shape index (κ3) is 6.54. The fourth-order valence-electron chi connectivity index (χ4n) is 3.10. The minimum absolute atomic E-state index is 0.199. The van der Waals surface area contributed by atoms with Crippen molar-refractivity contribution in [3.05, 3.63) is 95.8 Å². The molecule has 3 heteroatoms. The summed E-state index contributed by atoms with van der Waals surface area (Å²) >= 11 is 0. The maximum atomic E-state index is 5.75. The van der Waals surface area contributed by atoms with E-state index in [9.17, 15) is 0 Å². The molecule has 0 fully saturated rings. The predicted octanol–water partition coefficient (Wildman–Crippen LogP) is 5.11. The molecule has 0 bridgehead atoms. The molecule has 0 unspecified atom stereocenters. The molecule has 1 heterocycles. The molecule has 27 heavy (non-hydrogen) atoms. The molecule has 0 saturated heterocycles. The molecule has 0 spiro atoms. The van der Waals surface area contributed by atoms with Gasteiger partial charge in [-0.2, -0.15) is 0 Å². The summed E-state index contributed by atoms with van der Waals surface area (Å²) in [7, 11) is 0. The summed E-state index contributed by atoms with van der Waals surface area (Å²) in [5.74, 6) is 0.929. The van der Waals surface area contributed by atoms with Crippen LogP contribution in [0.2, 0.25) is 0 Å². The molecular formula is C24H28N2O. The highest BCUT2D eigenvalue weighted by atomic mass is 16.5. The Balaban J connectivity index is 1.66. The highest BCUT2D eigenvalue weighted by molar-refractivity contribution is 5.27. The summed E-state index contributed by atoms with van der Waals surface area (Å²) in [5.41, 5.74) is 3.96. The van der Waals surface area contributed by atoms with Crippen molar-refractivity contribution in [1.29, 1.82) is 0 Å². The standard InChI is InChI=1S/C24H28N2O/c1-20(2)27-24-10-8-22(9-11-24)18-26(19-23-12-15-25-16-13-23)17-14-21-6-4-3-5-7-21/h3-13,15-16,20H,14,17-19H2,1-2H3. The highest BCUT2D eigenvalue weighted by Gasteiger charge is 2.08. The first-order valence-electron chi connectivity index (χ1n) is 9.60. The maximum Gasteiger partial charge on any atom is 0.119 e. The van der Waals surface area contributed by atoms with Crippen molar-refractivity contribution < 1.29 is 4.74 Å². The molecule has 2 aromatic carbocycles. The number of rotatable bonds is 9. The summed E-state index contributed by atoms with van der Waals surface area (Å²) in [6.07, 6.45) is 4.97. The van der Waals surface area contributed by atoms with Crippen molar-refractivity contribution in [2.75, 3.05) is 6.54 Å². The first kappa shape index (κ1) is 19.1. The van der Waals surface area contributed by atoms with Gasteiger partial charge in [0, 0.05) is 32.0 Å². The van der Waals surface area contributed by atoms with Crippen molar-refractivity contribution >= 4 is 0 Å². The lowest BCUT2D eigenvalue weighted by Gasteiger charge is -2.23. The topological polar surface area (TPSA) is 25.4 Å². The lowest BCUT2D eigenvalue weighted by molar-refractivity contribution is 0.241. The van der Waals surface area contributed by atoms with Crippen LogP contribution in [-0.4, -0.2) is 22.5 Å². The van der Waals surface area contributed by atoms with Crippen LogP contribution in [0.3, 0.4) is 0 Å². The molecule has 0 amide bonds. The van der Waals surface area contributed by atoms with Crippen LogP contribution in [0.15, 0.2) is 79.1 Å². The van der Waals surface area contributed by atoms with Crippen molar-refractivity contribution in [2.45, 2.75) is 39.5 Å². The van der Waals surface area contributed by atoms with Gasteiger partial charge in [0.1, 0.15) is 5.75 Å². The fraction of sp³-hybridized carbons (Fsp3) is 0.292. The highest BCUT2D eigenvalue weighted by Crippen LogP contribution is 2.17. The molecule has 3 nitrogen and oxygen atoms in total. The Morgan fingerprint density at radius 3 is 2.04 bits per heavy atom. The van der Waals surface area contributed by atoms with Gasteiger partial charge in [0.15, 0.2) is 0 Å². The Morgan fingerprint density at radius 2 is 1.41 bits per heavy atom. The Labute approximate surface area is 162 Å². The van der Waals surface area contributed by atoms with Crippen LogP contribution in [0, 0.1) is 0 Å². The number of aromatic nitrogens is 1. The van der Waals surface area contributed by atoms with Gasteiger partial charge in [-0.05, 0) is 61.2 Å². The summed E-state index contributed by atoms with van der Waals surface area (Å²) in [5, 5.41) is 0. The zero-order chi connectivity index (χ0) is 18.9. The number of hydrogen-bond donors (Lipinski definition) is 0. The molecule has 0 N–H and O–H groups in total. The van der Waals surface area contributed by atoms with E-state index >= 15 is 0 Å². The fourth-order valence-corrected chi connectivity index (χ4v) is 3.10. The SMILES string of the molecule is CC(C)Oc1ccc(CN(CCc2ccccc2)Cc2ccncc2)cc1. The first-order chi connectivity index (χ1) is 13.2. The third-order valence-corrected chi connectivity index (χ3v) is 4.42. The van der Waals surface area contributed by atoms with E-state index in [4.69, 9.17) is 4.74 Å². The van der Waals surface area contributed by atoms with Crippen LogP contribution in [-0.2, 0) is 19.5 Å². The molecule has 3 aromatic rings. The monoisotopic (exact) mass is 360 g/mol. The number of nitrogens with zero attached hydrogens (tertiary/aromatic N) is 2. The summed E-state index contributed by atoms with van der Waals surface area (Å²) in [4.78, 5) is 6.62. The zero-order valence-corrected chi connectivity index (χ0v) is 16.2. The van der Waals surface area contributed by atoms with Crippen LogP contribution < -0.4 is 4.74 Å². The lowest BCUT2D eigenvalue weighted by atomic mass is 10.1. The normalized spacial score (nSPS) is 11.1. The second-order valence-corrected chi connectivity index (χ2v) is 7.11. The van der Waals surface area contributed by atoms with Gasteiger partial charge in [0.05, 0.1) is 6.10 Å². The van der Waals surface area contributed by atoms with E-state index < -0.39 is 0 Å². The minimum atomic E-state index is 0.199. The third-order valence-electron chi connectivity index (χ3n) is 4.42. The van der Waals surface area contributed by atoms with Crippen LogP contribution in [0.1, 0.15) is 30.5 Å². The van der Waals surface area contributed by atoms with E-state index in [0.29, 0.717) is 0 Å². The van der Waals surface area contributed by atoms with E-state index in [1.165, 1.54) is 16.7 Å². The number of benzene rings is 2. The summed E-state index contributed by atoms with van der Waals surface area (Å²) in [6, 6.07) is 23.3. The van der Waals surface area contributed by atoms with Gasteiger partial charge in [-0.25, -0.2) is 0 Å². The summed E-state index contributed by atoms with van der Waals surface area (Å²) < 4.78 is 5.75. The summed E-state index contributed by atoms with van der Waals surface area (Å²) in [6.45, 7) is 6.94. The van der Waals surface area contributed by atoms with E-state index in [1.807, 2.05) is 26.2 Å². The number of pyridine rings is 1. The largest absolute Gasteiger partial charge is 0.491 e. The Kier molecular flexibility index (Phi) is 7.00. The minimum Gasteiger partial charge on any atom is -0.491 e. The Hall–Kier alpha value is -2.65. The maximum absolute atomic E-state index is 5.75. The van der Waals surface area contributed by atoms with Gasteiger partial charge in [-0.1, -0.05) is 42.5 Å². The quantitative estimate of drug-likeness (QED) is 0.530. The van der Waals surface area contributed by atoms with Gasteiger partial charge >= 0.3 is 0 Å². The Bertz CT molecular complexity index is 786. The van der Waals surface area contributed by atoms with E-state index in [2.05, 4.69) is 76.6 Å². The van der Waals surface area contributed by atoms with Gasteiger partial charge in [-0.3, -0.25) is 9.88 Å². The van der Waals surface area contributed by atoms with Gasteiger partial charge in [0.25, 0.3) is 0 Å². The van der Waals surface area contributed by atoms with Crippen molar-refractivity contribution in [2.24, 2.45) is 0 Å². The molecule has 3 rings (SSSR count). The van der Waals surface area contributed by atoms with E-state index in [0.717, 1.165) is 31.8 Å². The molecule has 0 saturated carbocycles. The number of hydrogen-bond acceptors (Lipinski definition) is 3. The van der Waals surface area contributed by atoms with Gasteiger partial charge < -0.3 is 4.74 Å². The molecule has 0 aliphatic carbocycles. The smallest absolute Gasteiger partial charge is 0.119 e. The first-order valence-corrected chi connectivity index (χ1v) is 9.60. The Morgan fingerprint density at radius 1 is 0.778 bits per heavy atom. The average Bonchev–Trinajstić information content (AvgIpc) is 2.69. The lowest BCUT2D eigenvalue weighted by Crippen LogP contribution is -2.25. The molecule has 0 aliphatic rings. The van der Waals surface area contributed by atoms with Crippen molar-refractivity contribution in [3.8, 4) is 5.75 Å².